The summed E-state index contributed by atoms with van der Waals surface area (Å²) in [6, 6.07) is 1.92. The van der Waals surface area contributed by atoms with E-state index in [2.05, 4.69) is 20.9 Å². The molecule has 0 aliphatic rings. The maximum atomic E-state index is 10.0. The minimum atomic E-state index is -0.649. The number of halogens is 1. The van der Waals surface area contributed by atoms with Crippen LogP contribution in [-0.2, 0) is 7.05 Å². The van der Waals surface area contributed by atoms with E-state index in [0.717, 1.165) is 9.35 Å². The highest BCUT2D eigenvalue weighted by Gasteiger charge is 2.18. The molecular weight excluding hydrogens is 264 g/mol. The van der Waals surface area contributed by atoms with Crippen LogP contribution in [0.3, 0.4) is 0 Å². The number of nitrogens with zero attached hydrogens (tertiary/aromatic N) is 2. The van der Waals surface area contributed by atoms with Crippen LogP contribution in [0.5, 0.6) is 0 Å². The maximum Gasteiger partial charge on any atom is 0.147 e. The van der Waals surface area contributed by atoms with Gasteiger partial charge in [-0.1, -0.05) is 0 Å². The van der Waals surface area contributed by atoms with Crippen LogP contribution in [-0.4, -0.2) is 14.7 Å². The van der Waals surface area contributed by atoms with Gasteiger partial charge in [0.25, 0.3) is 0 Å². The van der Waals surface area contributed by atoms with Crippen LogP contribution >= 0.6 is 27.3 Å². The van der Waals surface area contributed by atoms with Gasteiger partial charge in [0, 0.05) is 23.9 Å². The Balaban J connectivity index is 2.38. The summed E-state index contributed by atoms with van der Waals surface area (Å²) in [5, 5.41) is 12.0. The third-order valence-corrected chi connectivity index (χ3v) is 3.92. The topological polar surface area (TPSA) is 38.0 Å². The number of aromatic nitrogens is 2. The molecule has 0 aromatic carbocycles. The van der Waals surface area contributed by atoms with Crippen molar-refractivity contribution in [2.45, 2.75) is 6.10 Å². The van der Waals surface area contributed by atoms with E-state index in [0.29, 0.717) is 5.82 Å². The quantitative estimate of drug-likeness (QED) is 0.911. The summed E-state index contributed by atoms with van der Waals surface area (Å²) in [7, 11) is 1.87. The first-order chi connectivity index (χ1) is 6.70. The molecular formula is C9H9BrN2OS. The van der Waals surface area contributed by atoms with E-state index < -0.39 is 6.10 Å². The van der Waals surface area contributed by atoms with Crippen molar-refractivity contribution in [3.63, 3.8) is 0 Å². The van der Waals surface area contributed by atoms with Crippen molar-refractivity contribution in [2.24, 2.45) is 7.05 Å². The molecule has 14 heavy (non-hydrogen) atoms. The molecule has 1 N–H and O–H groups in total. The van der Waals surface area contributed by atoms with Gasteiger partial charge in [-0.2, -0.15) is 0 Å². The molecule has 0 radical (unpaired) electrons. The number of thiophene rings is 1. The van der Waals surface area contributed by atoms with E-state index in [1.165, 1.54) is 11.3 Å². The number of imidazole rings is 1. The monoisotopic (exact) mass is 272 g/mol. The van der Waals surface area contributed by atoms with Gasteiger partial charge in [-0.25, -0.2) is 4.98 Å². The summed E-state index contributed by atoms with van der Waals surface area (Å²) in [6.07, 6.45) is 2.85. The summed E-state index contributed by atoms with van der Waals surface area (Å²) in [4.78, 5) is 5.00. The van der Waals surface area contributed by atoms with Gasteiger partial charge in [-0.05, 0) is 27.4 Å². The van der Waals surface area contributed by atoms with Crippen molar-refractivity contribution in [3.8, 4) is 0 Å². The van der Waals surface area contributed by atoms with Crippen LogP contribution in [0, 0.1) is 0 Å². The lowest BCUT2D eigenvalue weighted by atomic mass is 10.3. The average molecular weight is 273 g/mol. The molecule has 1 unspecified atom stereocenters. The highest BCUT2D eigenvalue weighted by molar-refractivity contribution is 9.10. The first kappa shape index (κ1) is 9.89. The van der Waals surface area contributed by atoms with Crippen LogP contribution < -0.4 is 0 Å². The highest BCUT2D eigenvalue weighted by atomic mass is 79.9. The summed E-state index contributed by atoms with van der Waals surface area (Å²) in [5.74, 6) is 0.660. The Kier molecular flexibility index (Phi) is 2.71. The molecule has 0 spiro atoms. The number of aliphatic hydroxyl groups excluding tert-OH is 1. The molecule has 5 heteroatoms. The van der Waals surface area contributed by atoms with Gasteiger partial charge in [-0.15, -0.1) is 11.3 Å². The molecule has 2 heterocycles. The zero-order valence-electron chi connectivity index (χ0n) is 7.51. The van der Waals surface area contributed by atoms with E-state index in [1.54, 1.807) is 6.20 Å². The van der Waals surface area contributed by atoms with E-state index in [1.807, 2.05) is 29.3 Å². The van der Waals surface area contributed by atoms with Gasteiger partial charge in [0.2, 0.25) is 0 Å². The summed E-state index contributed by atoms with van der Waals surface area (Å²) in [5.41, 5.74) is 0. The largest absolute Gasteiger partial charge is 0.379 e. The van der Waals surface area contributed by atoms with Crippen LogP contribution in [0.25, 0.3) is 0 Å². The Morgan fingerprint density at radius 1 is 1.64 bits per heavy atom. The molecule has 1 atom stereocenters. The SMILES string of the molecule is Cn1ccnc1C(O)c1sccc1Br. The van der Waals surface area contributed by atoms with Crippen molar-refractivity contribution >= 4 is 27.3 Å². The van der Waals surface area contributed by atoms with Crippen molar-refractivity contribution < 1.29 is 5.11 Å². The summed E-state index contributed by atoms with van der Waals surface area (Å²) >= 11 is 4.90. The van der Waals surface area contributed by atoms with Crippen LogP contribution in [0.4, 0.5) is 0 Å². The van der Waals surface area contributed by atoms with Gasteiger partial charge in [0.05, 0.1) is 4.88 Å². The van der Waals surface area contributed by atoms with E-state index >= 15 is 0 Å². The number of rotatable bonds is 2. The van der Waals surface area contributed by atoms with Crippen LogP contribution in [0.15, 0.2) is 28.3 Å². The predicted molar refractivity (Wildman–Crippen MR) is 59.3 cm³/mol. The maximum absolute atomic E-state index is 10.0. The summed E-state index contributed by atoms with van der Waals surface area (Å²) < 4.78 is 2.74. The minimum Gasteiger partial charge on any atom is -0.379 e. The number of hydrogen-bond donors (Lipinski definition) is 1. The van der Waals surface area contributed by atoms with E-state index in [4.69, 9.17) is 0 Å². The second kappa shape index (κ2) is 3.84. The van der Waals surface area contributed by atoms with Crippen LogP contribution in [0.2, 0.25) is 0 Å². The first-order valence-corrected chi connectivity index (χ1v) is 5.75. The van der Waals surface area contributed by atoms with Crippen molar-refractivity contribution in [3.05, 3.63) is 39.0 Å². The fourth-order valence-corrected chi connectivity index (χ4v) is 2.83. The first-order valence-electron chi connectivity index (χ1n) is 4.08. The lowest BCUT2D eigenvalue weighted by Gasteiger charge is -2.08. The van der Waals surface area contributed by atoms with Gasteiger partial charge < -0.3 is 9.67 Å². The fourth-order valence-electron chi connectivity index (χ4n) is 1.26. The zero-order valence-corrected chi connectivity index (χ0v) is 9.92. The standard InChI is InChI=1S/C9H9BrN2OS/c1-12-4-3-11-9(12)7(13)8-6(10)2-5-14-8/h2-5,7,13H,1H3. The summed E-state index contributed by atoms with van der Waals surface area (Å²) in [6.45, 7) is 0. The molecule has 2 aromatic heterocycles. The molecule has 0 saturated carbocycles. The Hall–Kier alpha value is -0.650. The smallest absolute Gasteiger partial charge is 0.147 e. The number of hydrogen-bond acceptors (Lipinski definition) is 3. The molecule has 0 amide bonds. The molecule has 0 aliphatic carbocycles. The molecule has 0 aliphatic heterocycles. The fraction of sp³-hybridized carbons (Fsp3) is 0.222. The van der Waals surface area contributed by atoms with Crippen molar-refractivity contribution in [1.82, 2.24) is 9.55 Å². The van der Waals surface area contributed by atoms with Gasteiger partial charge in [0.1, 0.15) is 11.9 Å². The highest BCUT2D eigenvalue weighted by Crippen LogP contribution is 2.31. The second-order valence-electron chi connectivity index (χ2n) is 2.93. The Morgan fingerprint density at radius 2 is 2.43 bits per heavy atom. The molecule has 0 fully saturated rings. The molecule has 2 rings (SSSR count). The Morgan fingerprint density at radius 3 is 2.93 bits per heavy atom. The molecule has 0 saturated heterocycles. The lowest BCUT2D eigenvalue weighted by molar-refractivity contribution is 0.209. The Bertz CT molecular complexity index is 397. The third-order valence-electron chi connectivity index (χ3n) is 2.00. The lowest BCUT2D eigenvalue weighted by Crippen LogP contribution is -2.05. The minimum absolute atomic E-state index is 0.649. The van der Waals surface area contributed by atoms with E-state index in [9.17, 15) is 5.11 Å². The van der Waals surface area contributed by atoms with Crippen LogP contribution in [0.1, 0.15) is 16.8 Å². The van der Waals surface area contributed by atoms with E-state index in [-0.39, 0.29) is 0 Å². The number of aryl methyl sites for hydroxylation is 1. The second-order valence-corrected chi connectivity index (χ2v) is 4.73. The van der Waals surface area contributed by atoms with Gasteiger partial charge in [0.15, 0.2) is 0 Å². The Labute approximate surface area is 94.2 Å². The number of aliphatic hydroxyl groups is 1. The van der Waals surface area contributed by atoms with Gasteiger partial charge >= 0.3 is 0 Å². The van der Waals surface area contributed by atoms with Crippen molar-refractivity contribution in [2.75, 3.05) is 0 Å². The van der Waals surface area contributed by atoms with Crippen molar-refractivity contribution in [1.29, 1.82) is 0 Å². The third kappa shape index (κ3) is 1.63. The zero-order chi connectivity index (χ0) is 10.1. The van der Waals surface area contributed by atoms with Gasteiger partial charge in [-0.3, -0.25) is 0 Å². The average Bonchev–Trinajstić information content (AvgIpc) is 2.73. The molecule has 3 nitrogen and oxygen atoms in total. The predicted octanol–water partition coefficient (Wildman–Crippen LogP) is 2.33. The molecule has 0 bridgehead atoms. The normalized spacial score (nSPS) is 13.1. The molecule has 2 aromatic rings. The molecule has 74 valence electrons.